The van der Waals surface area contributed by atoms with Crippen LogP contribution in [-0.4, -0.2) is 55.5 Å². The van der Waals surface area contributed by atoms with Gasteiger partial charge in [0.15, 0.2) is 5.79 Å². The molecule has 0 spiro atoms. The van der Waals surface area contributed by atoms with E-state index in [2.05, 4.69) is 0 Å². The maximum Gasteiger partial charge on any atom is 0.163 e. The van der Waals surface area contributed by atoms with Crippen LogP contribution in [0.3, 0.4) is 0 Å². The van der Waals surface area contributed by atoms with Gasteiger partial charge in [0.25, 0.3) is 0 Å². The van der Waals surface area contributed by atoms with Crippen molar-refractivity contribution >= 4 is 5.78 Å². The van der Waals surface area contributed by atoms with Gasteiger partial charge in [-0.1, -0.05) is 0 Å². The molecule has 1 saturated carbocycles. The topological polar surface area (TPSA) is 74.2 Å². The zero-order valence-corrected chi connectivity index (χ0v) is 10.9. The van der Waals surface area contributed by atoms with Crippen molar-refractivity contribution in [3.63, 3.8) is 0 Å². The van der Waals surface area contributed by atoms with E-state index in [0.717, 1.165) is 0 Å². The number of ether oxygens (including phenoxy) is 4. The molecule has 0 radical (unpaired) electrons. The smallest absolute Gasteiger partial charge is 0.163 e. The normalized spacial score (nSPS) is 38.8. The van der Waals surface area contributed by atoms with E-state index in [4.69, 9.17) is 18.9 Å². The molecular formula is C12H20O6. The number of Topliss-reactive ketones (excluding diaryl/α,β-unsaturated/α-hetero) is 1. The lowest BCUT2D eigenvalue weighted by atomic mass is 9.82. The van der Waals surface area contributed by atoms with Gasteiger partial charge in [0.2, 0.25) is 0 Å². The fourth-order valence-electron chi connectivity index (χ4n) is 2.58. The minimum absolute atomic E-state index is 0.0545. The third-order valence-electron chi connectivity index (χ3n) is 3.34. The van der Waals surface area contributed by atoms with Crippen LogP contribution < -0.4 is 0 Å². The van der Waals surface area contributed by atoms with Gasteiger partial charge in [-0.2, -0.15) is 0 Å². The van der Waals surface area contributed by atoms with Gasteiger partial charge >= 0.3 is 0 Å². The number of rotatable bonds is 4. The molecule has 6 heteroatoms. The van der Waals surface area contributed by atoms with Crippen LogP contribution in [0, 0.1) is 5.92 Å². The number of methoxy groups -OCH3 is 1. The van der Waals surface area contributed by atoms with Crippen LogP contribution in [0.2, 0.25) is 0 Å². The first-order chi connectivity index (χ1) is 8.48. The number of fused-ring (bicyclic) bond motifs is 1. The minimum atomic E-state index is -0.762. The van der Waals surface area contributed by atoms with Crippen LogP contribution in [0.5, 0.6) is 0 Å². The van der Waals surface area contributed by atoms with Gasteiger partial charge in [-0.25, -0.2) is 0 Å². The molecule has 1 heterocycles. The average Bonchev–Trinajstić information content (AvgIpc) is 2.61. The van der Waals surface area contributed by atoms with E-state index in [0.29, 0.717) is 0 Å². The van der Waals surface area contributed by atoms with E-state index < -0.39 is 17.8 Å². The Hall–Kier alpha value is -0.530. The fraction of sp³-hybridized carbons (Fsp3) is 0.917. The molecule has 1 aliphatic heterocycles. The van der Waals surface area contributed by atoms with E-state index >= 15 is 0 Å². The summed E-state index contributed by atoms with van der Waals surface area (Å²) in [6, 6.07) is 0. The molecule has 1 aliphatic carbocycles. The van der Waals surface area contributed by atoms with Gasteiger partial charge in [-0.05, 0) is 13.8 Å². The van der Waals surface area contributed by atoms with Crippen molar-refractivity contribution in [1.29, 1.82) is 0 Å². The summed E-state index contributed by atoms with van der Waals surface area (Å²) >= 11 is 0. The monoisotopic (exact) mass is 260 g/mol. The van der Waals surface area contributed by atoms with Gasteiger partial charge in [-0.3, -0.25) is 4.79 Å². The molecule has 1 N–H and O–H groups in total. The van der Waals surface area contributed by atoms with E-state index in [9.17, 15) is 9.90 Å². The molecule has 2 rings (SSSR count). The van der Waals surface area contributed by atoms with Gasteiger partial charge in [0.1, 0.15) is 24.8 Å². The molecule has 2 aliphatic rings. The van der Waals surface area contributed by atoms with Crippen molar-refractivity contribution in [3.8, 4) is 0 Å². The summed E-state index contributed by atoms with van der Waals surface area (Å²) in [5.41, 5.74) is 0. The Labute approximate surface area is 106 Å². The molecule has 4 atom stereocenters. The van der Waals surface area contributed by atoms with Crippen molar-refractivity contribution < 1.29 is 28.8 Å². The number of carbonyl (C=O) groups excluding carboxylic acids is 1. The Kier molecular flexibility index (Phi) is 4.03. The van der Waals surface area contributed by atoms with Crippen LogP contribution in [0.15, 0.2) is 0 Å². The van der Waals surface area contributed by atoms with Gasteiger partial charge in [-0.15, -0.1) is 0 Å². The summed E-state index contributed by atoms with van der Waals surface area (Å²) in [5, 5.41) is 9.32. The Bertz CT molecular complexity index is 316. The second-order valence-electron chi connectivity index (χ2n) is 5.14. The molecule has 0 amide bonds. The Morgan fingerprint density at radius 1 is 1.39 bits per heavy atom. The maximum absolute atomic E-state index is 11.9. The molecule has 6 nitrogen and oxygen atoms in total. The molecule has 2 fully saturated rings. The second kappa shape index (κ2) is 5.22. The highest BCUT2D eigenvalue weighted by molar-refractivity contribution is 5.83. The highest BCUT2D eigenvalue weighted by atomic mass is 16.8. The molecular weight excluding hydrogens is 240 g/mol. The summed E-state index contributed by atoms with van der Waals surface area (Å²) in [7, 11) is 1.52. The first-order valence-corrected chi connectivity index (χ1v) is 6.08. The van der Waals surface area contributed by atoms with Gasteiger partial charge < -0.3 is 24.1 Å². The molecule has 18 heavy (non-hydrogen) atoms. The summed E-state index contributed by atoms with van der Waals surface area (Å²) in [6.07, 6.45) is -0.958. The van der Waals surface area contributed by atoms with Crippen LogP contribution in [0.4, 0.5) is 0 Å². The number of carbonyl (C=O) groups is 1. The summed E-state index contributed by atoms with van der Waals surface area (Å²) in [4.78, 5) is 11.9. The predicted molar refractivity (Wildman–Crippen MR) is 60.8 cm³/mol. The first kappa shape index (κ1) is 13.9. The summed E-state index contributed by atoms with van der Waals surface area (Å²) < 4.78 is 21.8. The van der Waals surface area contributed by atoms with Crippen molar-refractivity contribution in [1.82, 2.24) is 0 Å². The molecule has 0 aromatic carbocycles. The van der Waals surface area contributed by atoms with E-state index in [1.807, 2.05) is 0 Å². The maximum atomic E-state index is 11.9. The number of hydrogen-bond donors (Lipinski definition) is 1. The van der Waals surface area contributed by atoms with Crippen LogP contribution in [0.25, 0.3) is 0 Å². The Balaban J connectivity index is 2.14. The molecule has 1 saturated heterocycles. The molecule has 0 aromatic heterocycles. The van der Waals surface area contributed by atoms with Crippen molar-refractivity contribution in [2.45, 2.75) is 44.4 Å². The highest BCUT2D eigenvalue weighted by Gasteiger charge is 2.54. The van der Waals surface area contributed by atoms with Crippen LogP contribution in [-0.2, 0) is 23.7 Å². The molecule has 0 bridgehead atoms. The van der Waals surface area contributed by atoms with E-state index in [-0.39, 0.29) is 37.8 Å². The quantitative estimate of drug-likeness (QED) is 0.721. The molecule has 4 unspecified atom stereocenters. The zero-order chi connectivity index (χ0) is 13.3. The lowest BCUT2D eigenvalue weighted by Gasteiger charge is -2.34. The number of ketones is 1. The highest BCUT2D eigenvalue weighted by Crippen LogP contribution is 2.39. The predicted octanol–water partition coefficient (Wildman–Crippen LogP) is 0.0769. The van der Waals surface area contributed by atoms with Crippen LogP contribution >= 0.6 is 0 Å². The minimum Gasteiger partial charge on any atom is -0.396 e. The number of aliphatic hydroxyl groups is 1. The Morgan fingerprint density at radius 2 is 2.06 bits per heavy atom. The largest absolute Gasteiger partial charge is 0.396 e. The third-order valence-corrected chi connectivity index (χ3v) is 3.34. The Morgan fingerprint density at radius 3 is 2.67 bits per heavy atom. The number of hydrogen-bond acceptors (Lipinski definition) is 6. The lowest BCUT2D eigenvalue weighted by molar-refractivity contribution is -0.170. The van der Waals surface area contributed by atoms with Crippen molar-refractivity contribution in [2.75, 3.05) is 20.5 Å². The van der Waals surface area contributed by atoms with Gasteiger partial charge in [0.05, 0.1) is 18.6 Å². The van der Waals surface area contributed by atoms with Crippen LogP contribution in [0.1, 0.15) is 20.3 Å². The van der Waals surface area contributed by atoms with Gasteiger partial charge in [0, 0.05) is 13.5 Å². The second-order valence-corrected chi connectivity index (χ2v) is 5.14. The summed E-state index contributed by atoms with van der Waals surface area (Å²) in [6.45, 7) is 3.46. The standard InChI is InChI=1S/C12H20O6/c1-12(2)17-10-7(5-13)8(14)4-9(11(10)18-12)16-6-15-3/h7,9-11,13H,4-6H2,1-3H3. The SMILES string of the molecule is COCOC1CC(=O)C(CO)C2OC(C)(C)OC12. The van der Waals surface area contributed by atoms with E-state index in [1.165, 1.54) is 7.11 Å². The van der Waals surface area contributed by atoms with E-state index in [1.54, 1.807) is 13.8 Å². The molecule has 0 aromatic rings. The zero-order valence-electron chi connectivity index (χ0n) is 10.9. The van der Waals surface area contributed by atoms with Crippen molar-refractivity contribution in [3.05, 3.63) is 0 Å². The fourth-order valence-corrected chi connectivity index (χ4v) is 2.58. The van der Waals surface area contributed by atoms with Crippen molar-refractivity contribution in [2.24, 2.45) is 5.92 Å². The first-order valence-electron chi connectivity index (χ1n) is 6.08. The molecule has 104 valence electrons. The summed E-state index contributed by atoms with van der Waals surface area (Å²) in [5.74, 6) is -1.34. The lowest BCUT2D eigenvalue weighted by Crippen LogP contribution is -2.51. The number of aliphatic hydroxyl groups excluding tert-OH is 1. The average molecular weight is 260 g/mol. The third kappa shape index (κ3) is 2.57.